The number of carboxylic acid groups (broad SMARTS) is 1. The van der Waals surface area contributed by atoms with Crippen LogP contribution in [-0.4, -0.2) is 44.4 Å². The van der Waals surface area contributed by atoms with Gasteiger partial charge in [-0.1, -0.05) is 0 Å². The lowest BCUT2D eigenvalue weighted by molar-refractivity contribution is -0.384. The minimum Gasteiger partial charge on any atom is -0.481 e. The third kappa shape index (κ3) is 2.63. The fourth-order valence-corrected chi connectivity index (χ4v) is 2.46. The average molecular weight is 281 g/mol. The van der Waals surface area contributed by atoms with Gasteiger partial charge in [-0.15, -0.1) is 0 Å². The summed E-state index contributed by atoms with van der Waals surface area (Å²) in [4.78, 5) is 37.3. The van der Waals surface area contributed by atoms with Crippen molar-refractivity contribution in [2.45, 2.75) is 25.8 Å². The van der Waals surface area contributed by atoms with E-state index in [1.54, 1.807) is 11.8 Å². The number of hydrogen-bond acceptors (Lipinski definition) is 4. The number of piperidine rings is 1. The highest BCUT2D eigenvalue weighted by molar-refractivity contribution is 5.93. The largest absolute Gasteiger partial charge is 0.481 e. The predicted octanol–water partition coefficient (Wildman–Crippen LogP) is 1.25. The zero-order valence-electron chi connectivity index (χ0n) is 10.9. The SMILES string of the molecule is CC1CC(C(=O)O)CCN1C(=O)c1cc([N+](=O)[O-])c[nH]1. The summed E-state index contributed by atoms with van der Waals surface area (Å²) in [6.07, 6.45) is 1.96. The van der Waals surface area contributed by atoms with Crippen LogP contribution in [0.15, 0.2) is 12.3 Å². The molecule has 0 radical (unpaired) electrons. The molecule has 1 aromatic heterocycles. The molecule has 108 valence electrons. The van der Waals surface area contributed by atoms with Gasteiger partial charge >= 0.3 is 5.97 Å². The Hall–Kier alpha value is -2.38. The summed E-state index contributed by atoms with van der Waals surface area (Å²) in [5, 5.41) is 19.6. The first-order chi connectivity index (χ1) is 9.40. The molecule has 8 heteroatoms. The smallest absolute Gasteiger partial charge is 0.306 e. The van der Waals surface area contributed by atoms with Gasteiger partial charge in [0.1, 0.15) is 5.69 Å². The Morgan fingerprint density at radius 2 is 2.25 bits per heavy atom. The molecule has 0 aliphatic carbocycles. The summed E-state index contributed by atoms with van der Waals surface area (Å²) in [6.45, 7) is 2.12. The maximum Gasteiger partial charge on any atom is 0.306 e. The van der Waals surface area contributed by atoms with E-state index in [4.69, 9.17) is 5.11 Å². The van der Waals surface area contributed by atoms with Crippen LogP contribution in [0.5, 0.6) is 0 Å². The number of carbonyl (C=O) groups is 2. The van der Waals surface area contributed by atoms with E-state index in [1.807, 2.05) is 0 Å². The molecule has 1 saturated heterocycles. The minimum absolute atomic E-state index is 0.150. The van der Waals surface area contributed by atoms with Gasteiger partial charge in [-0.3, -0.25) is 19.7 Å². The van der Waals surface area contributed by atoms with Crippen molar-refractivity contribution in [3.63, 3.8) is 0 Å². The second-order valence-electron chi connectivity index (χ2n) is 4.94. The van der Waals surface area contributed by atoms with E-state index < -0.39 is 16.8 Å². The molecule has 0 bridgehead atoms. The van der Waals surface area contributed by atoms with Crippen molar-refractivity contribution in [3.05, 3.63) is 28.1 Å². The van der Waals surface area contributed by atoms with Gasteiger partial charge < -0.3 is 15.0 Å². The normalized spacial score (nSPS) is 22.6. The van der Waals surface area contributed by atoms with Gasteiger partial charge in [-0.2, -0.15) is 0 Å². The first-order valence-electron chi connectivity index (χ1n) is 6.26. The van der Waals surface area contributed by atoms with Gasteiger partial charge in [0.2, 0.25) is 0 Å². The Morgan fingerprint density at radius 3 is 2.75 bits per heavy atom. The maximum absolute atomic E-state index is 12.2. The third-order valence-corrected chi connectivity index (χ3v) is 3.60. The predicted molar refractivity (Wildman–Crippen MR) is 68.3 cm³/mol. The Kier molecular flexibility index (Phi) is 3.73. The van der Waals surface area contributed by atoms with Crippen LogP contribution in [0.3, 0.4) is 0 Å². The molecule has 1 aliphatic heterocycles. The minimum atomic E-state index is -0.848. The number of nitro groups is 1. The van der Waals surface area contributed by atoms with Crippen LogP contribution in [0.2, 0.25) is 0 Å². The number of aromatic amines is 1. The number of rotatable bonds is 3. The molecule has 1 amide bonds. The van der Waals surface area contributed by atoms with Crippen molar-refractivity contribution in [2.75, 3.05) is 6.54 Å². The van der Waals surface area contributed by atoms with Crippen LogP contribution in [0.1, 0.15) is 30.3 Å². The Morgan fingerprint density at radius 1 is 1.55 bits per heavy atom. The number of H-pyrrole nitrogens is 1. The van der Waals surface area contributed by atoms with E-state index in [-0.39, 0.29) is 23.3 Å². The number of carbonyl (C=O) groups excluding carboxylic acids is 1. The molecule has 1 aromatic rings. The van der Waals surface area contributed by atoms with Crippen LogP contribution < -0.4 is 0 Å². The molecule has 0 aromatic carbocycles. The molecule has 0 spiro atoms. The first kappa shape index (κ1) is 14.0. The Balaban J connectivity index is 2.09. The number of aliphatic carboxylic acids is 1. The highest BCUT2D eigenvalue weighted by atomic mass is 16.6. The van der Waals surface area contributed by atoms with Gasteiger partial charge in [-0.05, 0) is 19.8 Å². The monoisotopic (exact) mass is 281 g/mol. The van der Waals surface area contributed by atoms with E-state index in [0.717, 1.165) is 0 Å². The van der Waals surface area contributed by atoms with Gasteiger partial charge in [0.05, 0.1) is 17.0 Å². The quantitative estimate of drug-likeness (QED) is 0.638. The van der Waals surface area contributed by atoms with Crippen LogP contribution in [-0.2, 0) is 4.79 Å². The maximum atomic E-state index is 12.2. The first-order valence-corrected chi connectivity index (χ1v) is 6.26. The van der Waals surface area contributed by atoms with Crippen LogP contribution >= 0.6 is 0 Å². The van der Waals surface area contributed by atoms with E-state index >= 15 is 0 Å². The summed E-state index contributed by atoms with van der Waals surface area (Å²) >= 11 is 0. The molecule has 1 aliphatic rings. The zero-order chi connectivity index (χ0) is 14.9. The lowest BCUT2D eigenvalue weighted by Crippen LogP contribution is -2.46. The Bertz CT molecular complexity index is 553. The van der Waals surface area contributed by atoms with E-state index in [1.165, 1.54) is 12.3 Å². The number of nitrogens with one attached hydrogen (secondary N) is 1. The van der Waals surface area contributed by atoms with E-state index in [9.17, 15) is 19.7 Å². The van der Waals surface area contributed by atoms with Crippen molar-refractivity contribution >= 4 is 17.6 Å². The van der Waals surface area contributed by atoms with Gasteiger partial charge in [0, 0.05) is 18.7 Å². The summed E-state index contributed by atoms with van der Waals surface area (Å²) in [6, 6.07) is 0.984. The lowest BCUT2D eigenvalue weighted by Gasteiger charge is -2.35. The summed E-state index contributed by atoms with van der Waals surface area (Å²) in [5.74, 6) is -1.62. The van der Waals surface area contributed by atoms with Gasteiger partial charge in [0.25, 0.3) is 11.6 Å². The summed E-state index contributed by atoms with van der Waals surface area (Å²) in [7, 11) is 0. The number of nitrogens with zero attached hydrogens (tertiary/aromatic N) is 2. The second kappa shape index (κ2) is 5.32. The van der Waals surface area contributed by atoms with Gasteiger partial charge in [0.15, 0.2) is 0 Å². The van der Waals surface area contributed by atoms with Crippen molar-refractivity contribution < 1.29 is 19.6 Å². The number of hydrogen-bond donors (Lipinski definition) is 2. The topological polar surface area (TPSA) is 117 Å². The molecule has 8 nitrogen and oxygen atoms in total. The molecule has 2 unspecified atom stereocenters. The zero-order valence-corrected chi connectivity index (χ0v) is 10.9. The highest BCUT2D eigenvalue weighted by Crippen LogP contribution is 2.25. The molecule has 1 fully saturated rings. The molecule has 20 heavy (non-hydrogen) atoms. The molecular weight excluding hydrogens is 266 g/mol. The van der Waals surface area contributed by atoms with Crippen LogP contribution in [0.25, 0.3) is 0 Å². The van der Waals surface area contributed by atoms with Crippen molar-refractivity contribution in [1.29, 1.82) is 0 Å². The van der Waals surface area contributed by atoms with E-state index in [0.29, 0.717) is 19.4 Å². The standard InChI is InChI=1S/C12H15N3O5/c1-7-4-8(12(17)18)2-3-14(7)11(16)10-5-9(6-13-10)15(19)20/h5-8,13H,2-4H2,1H3,(H,17,18). The number of aromatic nitrogens is 1. The van der Waals surface area contributed by atoms with Gasteiger partial charge in [-0.25, -0.2) is 0 Å². The number of likely N-dealkylation sites (tertiary alicyclic amines) is 1. The molecule has 2 N–H and O–H groups in total. The average Bonchev–Trinajstić information content (AvgIpc) is 2.87. The summed E-state index contributed by atoms with van der Waals surface area (Å²) < 4.78 is 0. The van der Waals surface area contributed by atoms with Crippen molar-refractivity contribution in [2.24, 2.45) is 5.92 Å². The molecule has 2 atom stereocenters. The van der Waals surface area contributed by atoms with Crippen molar-refractivity contribution in [3.8, 4) is 0 Å². The number of carboxylic acids is 1. The van der Waals surface area contributed by atoms with Crippen LogP contribution in [0, 0.1) is 16.0 Å². The highest BCUT2D eigenvalue weighted by Gasteiger charge is 2.33. The number of amides is 1. The van der Waals surface area contributed by atoms with Crippen LogP contribution in [0.4, 0.5) is 5.69 Å². The second-order valence-corrected chi connectivity index (χ2v) is 4.94. The third-order valence-electron chi connectivity index (χ3n) is 3.60. The molecule has 0 saturated carbocycles. The fraction of sp³-hybridized carbons (Fsp3) is 0.500. The van der Waals surface area contributed by atoms with E-state index in [2.05, 4.69) is 4.98 Å². The van der Waals surface area contributed by atoms with Crippen molar-refractivity contribution in [1.82, 2.24) is 9.88 Å². The molecule has 2 heterocycles. The lowest BCUT2D eigenvalue weighted by atomic mass is 9.91. The fourth-order valence-electron chi connectivity index (χ4n) is 2.46. The Labute approximate surface area is 114 Å². The molecule has 2 rings (SSSR count). The molecular formula is C12H15N3O5. The summed E-state index contributed by atoms with van der Waals surface area (Å²) in [5.41, 5.74) is -0.0150.